The van der Waals surface area contributed by atoms with Gasteiger partial charge in [-0.25, -0.2) is 17.8 Å². The van der Waals surface area contributed by atoms with Crippen LogP contribution in [0.15, 0.2) is 73.3 Å². The molecule has 3 aromatic rings. The number of pyridine rings is 1. The lowest BCUT2D eigenvalue weighted by molar-refractivity contribution is -0.149. The molecule has 0 unspecified atom stereocenters. The summed E-state index contributed by atoms with van der Waals surface area (Å²) in [6, 6.07) is 16.5. The molecule has 4 aliphatic rings. The lowest BCUT2D eigenvalue weighted by Crippen LogP contribution is -2.57. The molecule has 13 nitrogen and oxygen atoms in total. The summed E-state index contributed by atoms with van der Waals surface area (Å²) in [4.78, 5) is 78.4. The van der Waals surface area contributed by atoms with Crippen molar-refractivity contribution in [3.8, 4) is 11.3 Å². The average molecular weight is 815 g/mol. The Hall–Kier alpha value is -5.18. The lowest BCUT2D eigenvalue weighted by Gasteiger charge is -2.37. The van der Waals surface area contributed by atoms with E-state index in [0.717, 1.165) is 5.56 Å². The van der Waals surface area contributed by atoms with E-state index in [1.807, 2.05) is 69.3 Å². The SMILES string of the molecule is C=C[C@@H]1C[C@]1(NC(=O)[C@@H]1C[C@@H](NC(=O)c2cc(-c3ccccc3)nc3ccccc23)CN1C(=O)[C@@H](CC(=O)N1CCC(F)CC1)C(C)(C)C)C(=O)NS(=O)(=O)C1CC1. The number of sulfonamides is 1. The minimum atomic E-state index is -3.94. The highest BCUT2D eigenvalue weighted by Gasteiger charge is 2.62. The molecule has 2 aliphatic carbocycles. The van der Waals surface area contributed by atoms with E-state index in [-0.39, 0.29) is 57.6 Å². The van der Waals surface area contributed by atoms with Gasteiger partial charge in [0.15, 0.2) is 0 Å². The number of likely N-dealkylation sites (tertiary alicyclic amines) is 2. The van der Waals surface area contributed by atoms with E-state index < -0.39 is 79.9 Å². The second-order valence-corrected chi connectivity index (χ2v) is 19.2. The van der Waals surface area contributed by atoms with Crippen LogP contribution in [0.4, 0.5) is 4.39 Å². The van der Waals surface area contributed by atoms with Gasteiger partial charge in [0.05, 0.1) is 27.9 Å². The molecule has 0 radical (unpaired) electrons. The van der Waals surface area contributed by atoms with Crippen molar-refractivity contribution >= 4 is 50.5 Å². The molecule has 2 aliphatic heterocycles. The molecule has 0 bridgehead atoms. The predicted molar refractivity (Wildman–Crippen MR) is 216 cm³/mol. The van der Waals surface area contributed by atoms with Gasteiger partial charge in [0.25, 0.3) is 11.8 Å². The number of aromatic nitrogens is 1. The number of hydrogen-bond donors (Lipinski definition) is 3. The smallest absolute Gasteiger partial charge is 0.259 e. The Labute approximate surface area is 338 Å². The summed E-state index contributed by atoms with van der Waals surface area (Å²) in [6.45, 7) is 9.69. The number of alkyl halides is 1. The highest BCUT2D eigenvalue weighted by molar-refractivity contribution is 7.91. The molecule has 2 aromatic carbocycles. The summed E-state index contributed by atoms with van der Waals surface area (Å²) in [5, 5.41) is 5.79. The van der Waals surface area contributed by atoms with Crippen molar-refractivity contribution in [3.63, 3.8) is 0 Å². The first-order valence-corrected chi connectivity index (χ1v) is 21.5. The molecular weight excluding hydrogens is 764 g/mol. The number of rotatable bonds is 12. The molecule has 3 heterocycles. The minimum absolute atomic E-state index is 0.0243. The van der Waals surface area contributed by atoms with Crippen LogP contribution in [0.3, 0.4) is 0 Å². The number of nitrogens with zero attached hydrogens (tertiary/aromatic N) is 3. The zero-order valence-electron chi connectivity index (χ0n) is 33.1. The summed E-state index contributed by atoms with van der Waals surface area (Å²) in [6.07, 6.45) is 1.74. The molecule has 4 fully saturated rings. The molecule has 1 aromatic heterocycles. The van der Waals surface area contributed by atoms with Gasteiger partial charge in [-0.3, -0.25) is 28.7 Å². The number of carbonyl (C=O) groups excluding carboxylic acids is 5. The van der Waals surface area contributed by atoms with Crippen LogP contribution < -0.4 is 15.4 Å². The first-order chi connectivity index (χ1) is 27.5. The Morgan fingerprint density at radius 3 is 2.31 bits per heavy atom. The number of carbonyl (C=O) groups is 5. The van der Waals surface area contributed by atoms with Gasteiger partial charge >= 0.3 is 0 Å². The molecule has 5 atom stereocenters. The number of nitrogens with one attached hydrogen (secondary N) is 3. The van der Waals surface area contributed by atoms with Crippen LogP contribution in [-0.2, 0) is 29.2 Å². The van der Waals surface area contributed by atoms with Crippen LogP contribution in [-0.4, -0.2) is 101 Å². The summed E-state index contributed by atoms with van der Waals surface area (Å²) in [5.74, 6) is -4.23. The summed E-state index contributed by atoms with van der Waals surface area (Å²) in [5.41, 5.74) is 0.0186. The van der Waals surface area contributed by atoms with Crippen LogP contribution in [0.25, 0.3) is 22.2 Å². The number of amides is 5. The maximum atomic E-state index is 14.8. The van der Waals surface area contributed by atoms with Crippen molar-refractivity contribution < 1.29 is 36.8 Å². The summed E-state index contributed by atoms with van der Waals surface area (Å²) >= 11 is 0. The number of fused-ring (bicyclic) bond motifs is 1. The molecule has 0 spiro atoms. The van der Waals surface area contributed by atoms with E-state index in [2.05, 4.69) is 21.9 Å². The largest absolute Gasteiger partial charge is 0.347 e. The number of piperidine rings is 1. The van der Waals surface area contributed by atoms with Gasteiger partial charge < -0.3 is 20.4 Å². The fraction of sp³-hybridized carbons (Fsp3) is 0.488. The van der Waals surface area contributed by atoms with Gasteiger partial charge in [-0.1, -0.05) is 75.4 Å². The van der Waals surface area contributed by atoms with Gasteiger partial charge in [0, 0.05) is 49.0 Å². The third-order valence-electron chi connectivity index (χ3n) is 12.0. The highest BCUT2D eigenvalue weighted by Crippen LogP contribution is 2.46. The normalized spacial score (nSPS) is 24.2. The van der Waals surface area contributed by atoms with E-state index in [9.17, 15) is 36.8 Å². The second kappa shape index (κ2) is 15.9. The van der Waals surface area contributed by atoms with Crippen molar-refractivity contribution in [3.05, 3.63) is 78.9 Å². The first-order valence-electron chi connectivity index (χ1n) is 20.0. The topological polar surface area (TPSA) is 175 Å². The summed E-state index contributed by atoms with van der Waals surface area (Å²) < 4.78 is 41.6. The third kappa shape index (κ3) is 8.50. The molecule has 2 saturated heterocycles. The van der Waals surface area contributed by atoms with Crippen molar-refractivity contribution in [1.29, 1.82) is 0 Å². The standard InChI is InChI=1S/C43H51FN6O7S/c1-5-27-24-43(27,41(55)48-58(56,57)30-15-16-30)47-39(53)36-21-29(25-50(36)40(54)33(42(2,3)4)23-37(51)49-19-17-28(44)18-20-49)45-38(52)32-22-35(26-11-7-6-8-12-26)46-34-14-10-9-13-31(32)34/h5-14,22,27-30,33,36H,1,15-21,23-25H2,2-4H3,(H,45,52)(H,47,53)(H,48,55)/t27-,29-,33-,36+,43-/m1/s1. The fourth-order valence-corrected chi connectivity index (χ4v) is 9.56. The predicted octanol–water partition coefficient (Wildman–Crippen LogP) is 4.28. The van der Waals surface area contributed by atoms with E-state index in [1.165, 1.54) is 11.0 Å². The Morgan fingerprint density at radius 2 is 1.67 bits per heavy atom. The number of para-hydroxylation sites is 1. The van der Waals surface area contributed by atoms with E-state index >= 15 is 0 Å². The molecule has 2 saturated carbocycles. The van der Waals surface area contributed by atoms with E-state index in [4.69, 9.17) is 4.98 Å². The zero-order valence-corrected chi connectivity index (χ0v) is 33.9. The monoisotopic (exact) mass is 814 g/mol. The first kappa shape index (κ1) is 41.0. The van der Waals surface area contributed by atoms with Crippen LogP contribution in [0.5, 0.6) is 0 Å². The van der Waals surface area contributed by atoms with Crippen LogP contribution in [0.1, 0.15) is 76.1 Å². The van der Waals surface area contributed by atoms with Crippen molar-refractivity contribution in [2.24, 2.45) is 17.3 Å². The van der Waals surface area contributed by atoms with Gasteiger partial charge in [0.1, 0.15) is 17.8 Å². The van der Waals surface area contributed by atoms with Gasteiger partial charge in [-0.05, 0) is 56.1 Å². The Morgan fingerprint density at radius 1 is 1.00 bits per heavy atom. The van der Waals surface area contributed by atoms with Crippen molar-refractivity contribution in [1.82, 2.24) is 30.1 Å². The number of halogens is 1. The summed E-state index contributed by atoms with van der Waals surface area (Å²) in [7, 11) is -3.94. The Bertz CT molecular complexity index is 2240. The molecule has 7 rings (SSSR count). The average Bonchev–Trinajstić information content (AvgIpc) is 4.13. The lowest BCUT2D eigenvalue weighted by atomic mass is 9.77. The molecule has 58 heavy (non-hydrogen) atoms. The third-order valence-corrected chi connectivity index (χ3v) is 13.8. The molecule has 3 N–H and O–H groups in total. The quantitative estimate of drug-likeness (QED) is 0.227. The maximum absolute atomic E-state index is 14.8. The van der Waals surface area contributed by atoms with Gasteiger partial charge in [-0.15, -0.1) is 6.58 Å². The van der Waals surface area contributed by atoms with Crippen LogP contribution in [0.2, 0.25) is 0 Å². The molecule has 15 heteroatoms. The van der Waals surface area contributed by atoms with E-state index in [1.54, 1.807) is 17.0 Å². The molecule has 5 amide bonds. The van der Waals surface area contributed by atoms with Crippen LogP contribution in [0, 0.1) is 17.3 Å². The number of benzene rings is 2. The number of hydrogen-bond acceptors (Lipinski definition) is 8. The second-order valence-electron chi connectivity index (χ2n) is 17.2. The van der Waals surface area contributed by atoms with Crippen LogP contribution >= 0.6 is 0 Å². The van der Waals surface area contributed by atoms with Gasteiger partial charge in [-0.2, -0.15) is 0 Å². The highest BCUT2D eigenvalue weighted by atomic mass is 32.2. The Balaban J connectivity index is 1.18. The fourth-order valence-electron chi connectivity index (χ4n) is 8.20. The van der Waals surface area contributed by atoms with E-state index in [0.29, 0.717) is 35.0 Å². The maximum Gasteiger partial charge on any atom is 0.259 e. The van der Waals surface area contributed by atoms with Gasteiger partial charge in [0.2, 0.25) is 27.7 Å². The zero-order chi connectivity index (χ0) is 41.6. The molecular formula is C43H51FN6O7S. The Kier molecular flexibility index (Phi) is 11.2. The van der Waals surface area contributed by atoms with Crippen molar-refractivity contribution in [2.45, 2.75) is 94.8 Å². The minimum Gasteiger partial charge on any atom is -0.347 e. The van der Waals surface area contributed by atoms with Crippen molar-refractivity contribution in [2.75, 3.05) is 19.6 Å². The molecule has 308 valence electrons.